The quantitative estimate of drug-likeness (QED) is 0.855. The van der Waals surface area contributed by atoms with E-state index in [9.17, 15) is 9.59 Å². The van der Waals surface area contributed by atoms with Crippen LogP contribution in [0, 0.1) is 6.92 Å². The van der Waals surface area contributed by atoms with Gasteiger partial charge in [0.05, 0.1) is 0 Å². The molecule has 0 aliphatic carbocycles. The molecule has 0 N–H and O–H groups in total. The molecule has 0 spiro atoms. The maximum absolute atomic E-state index is 12.2. The number of anilines is 1. The normalized spacial score (nSPS) is 18.9. The molecular formula is C16H21NO2S. The van der Waals surface area contributed by atoms with Crippen LogP contribution in [0.4, 0.5) is 5.69 Å². The minimum absolute atomic E-state index is 0.0808. The molecule has 108 valence electrons. The summed E-state index contributed by atoms with van der Waals surface area (Å²) in [4.78, 5) is 25.2. The maximum Gasteiger partial charge on any atom is 0.228 e. The van der Waals surface area contributed by atoms with Gasteiger partial charge in [-0.05, 0) is 30.0 Å². The number of carbonyl (C=O) groups is 2. The Morgan fingerprint density at radius 3 is 2.70 bits per heavy atom. The lowest BCUT2D eigenvalue weighted by molar-refractivity contribution is -0.117. The first kappa shape index (κ1) is 15.1. The molecule has 1 fully saturated rings. The summed E-state index contributed by atoms with van der Waals surface area (Å²) in [6.45, 7) is 8.51. The van der Waals surface area contributed by atoms with E-state index in [1.165, 1.54) is 17.3 Å². The number of thioether (sulfide) groups is 1. The van der Waals surface area contributed by atoms with Gasteiger partial charge in [0, 0.05) is 30.8 Å². The van der Waals surface area contributed by atoms with E-state index >= 15 is 0 Å². The van der Waals surface area contributed by atoms with E-state index in [1.807, 2.05) is 11.8 Å². The molecule has 1 unspecified atom stereocenters. The molecule has 0 bridgehead atoms. The standard InChI is InChI=1S/C16H21NO2S/c1-10(2)13-6-5-11(3)15(7-13)17-9-14(8-16(17)19)20-12(4)18/h5-7,10,14H,8-9H2,1-4H3. The Kier molecular flexibility index (Phi) is 4.53. The van der Waals surface area contributed by atoms with E-state index in [0.29, 0.717) is 18.9 Å². The van der Waals surface area contributed by atoms with Gasteiger partial charge >= 0.3 is 0 Å². The molecule has 1 heterocycles. The number of rotatable bonds is 3. The zero-order chi connectivity index (χ0) is 14.9. The van der Waals surface area contributed by atoms with Crippen LogP contribution in [0.1, 0.15) is 44.2 Å². The molecule has 0 aromatic heterocycles. The molecule has 1 amide bonds. The van der Waals surface area contributed by atoms with Crippen LogP contribution in [0.25, 0.3) is 0 Å². The van der Waals surface area contributed by atoms with Gasteiger partial charge in [-0.15, -0.1) is 0 Å². The Morgan fingerprint density at radius 2 is 2.10 bits per heavy atom. The van der Waals surface area contributed by atoms with Gasteiger partial charge in [0.15, 0.2) is 5.12 Å². The van der Waals surface area contributed by atoms with E-state index in [-0.39, 0.29) is 16.3 Å². The van der Waals surface area contributed by atoms with E-state index in [4.69, 9.17) is 0 Å². The van der Waals surface area contributed by atoms with Crippen LogP contribution < -0.4 is 4.90 Å². The fourth-order valence-corrected chi connectivity index (χ4v) is 3.42. The summed E-state index contributed by atoms with van der Waals surface area (Å²) in [6, 6.07) is 6.30. The van der Waals surface area contributed by atoms with Crippen molar-refractivity contribution in [2.45, 2.75) is 45.3 Å². The average Bonchev–Trinajstić information content (AvgIpc) is 2.69. The Morgan fingerprint density at radius 1 is 1.40 bits per heavy atom. The third-order valence-corrected chi connectivity index (χ3v) is 4.59. The number of benzene rings is 1. The number of nitrogens with zero attached hydrogens (tertiary/aromatic N) is 1. The second-order valence-electron chi connectivity index (χ2n) is 5.64. The first-order valence-corrected chi connectivity index (χ1v) is 7.84. The SMILES string of the molecule is CC(=O)SC1CC(=O)N(c2cc(C(C)C)ccc2C)C1. The highest BCUT2D eigenvalue weighted by Gasteiger charge is 2.32. The third-order valence-electron chi connectivity index (χ3n) is 3.61. The summed E-state index contributed by atoms with van der Waals surface area (Å²) in [5.41, 5.74) is 3.34. The van der Waals surface area contributed by atoms with Gasteiger partial charge in [0.25, 0.3) is 0 Å². The van der Waals surface area contributed by atoms with E-state index < -0.39 is 0 Å². The smallest absolute Gasteiger partial charge is 0.228 e. The average molecular weight is 291 g/mol. The minimum Gasteiger partial charge on any atom is -0.311 e. The van der Waals surface area contributed by atoms with Crippen LogP contribution in [0.5, 0.6) is 0 Å². The summed E-state index contributed by atoms with van der Waals surface area (Å²) in [5.74, 6) is 0.558. The molecule has 4 heteroatoms. The molecule has 1 atom stereocenters. The lowest BCUT2D eigenvalue weighted by atomic mass is 10.0. The van der Waals surface area contributed by atoms with Crippen molar-refractivity contribution < 1.29 is 9.59 Å². The molecule has 1 aliphatic heterocycles. The number of amides is 1. The van der Waals surface area contributed by atoms with Crippen molar-refractivity contribution >= 4 is 28.5 Å². The highest BCUT2D eigenvalue weighted by Crippen LogP contribution is 2.32. The summed E-state index contributed by atoms with van der Waals surface area (Å²) in [7, 11) is 0. The summed E-state index contributed by atoms with van der Waals surface area (Å²) >= 11 is 1.28. The molecule has 20 heavy (non-hydrogen) atoms. The molecule has 2 rings (SSSR count). The monoisotopic (exact) mass is 291 g/mol. The Balaban J connectivity index is 2.25. The first-order chi connectivity index (χ1) is 9.38. The highest BCUT2D eigenvalue weighted by atomic mass is 32.2. The molecule has 0 radical (unpaired) electrons. The highest BCUT2D eigenvalue weighted by molar-refractivity contribution is 8.14. The predicted octanol–water partition coefficient (Wildman–Crippen LogP) is 3.50. The Labute approximate surface area is 124 Å². The van der Waals surface area contributed by atoms with Crippen molar-refractivity contribution in [3.63, 3.8) is 0 Å². The van der Waals surface area contributed by atoms with Crippen LogP contribution in [0.2, 0.25) is 0 Å². The van der Waals surface area contributed by atoms with E-state index in [1.54, 1.807) is 6.92 Å². The fraction of sp³-hybridized carbons (Fsp3) is 0.500. The van der Waals surface area contributed by atoms with Crippen molar-refractivity contribution in [2.75, 3.05) is 11.4 Å². The molecule has 3 nitrogen and oxygen atoms in total. The van der Waals surface area contributed by atoms with Crippen molar-refractivity contribution in [1.29, 1.82) is 0 Å². The van der Waals surface area contributed by atoms with Gasteiger partial charge in [-0.25, -0.2) is 0 Å². The van der Waals surface area contributed by atoms with Crippen LogP contribution in [-0.2, 0) is 9.59 Å². The zero-order valence-corrected chi connectivity index (χ0v) is 13.3. The van der Waals surface area contributed by atoms with E-state index in [0.717, 1.165) is 11.3 Å². The molecular weight excluding hydrogens is 270 g/mol. The minimum atomic E-state index is 0.0808. The maximum atomic E-state index is 12.2. The van der Waals surface area contributed by atoms with Crippen LogP contribution in [0.3, 0.4) is 0 Å². The topological polar surface area (TPSA) is 37.4 Å². The van der Waals surface area contributed by atoms with Gasteiger partial charge in [0.1, 0.15) is 0 Å². The molecule has 1 aliphatic rings. The van der Waals surface area contributed by atoms with Crippen LogP contribution in [0.15, 0.2) is 18.2 Å². The van der Waals surface area contributed by atoms with Crippen LogP contribution >= 0.6 is 11.8 Å². The number of hydrogen-bond acceptors (Lipinski definition) is 3. The summed E-state index contributed by atoms with van der Waals surface area (Å²) in [6.07, 6.45) is 0.454. The van der Waals surface area contributed by atoms with Crippen molar-refractivity contribution in [3.8, 4) is 0 Å². The lowest BCUT2D eigenvalue weighted by Gasteiger charge is -2.21. The van der Waals surface area contributed by atoms with E-state index in [2.05, 4.69) is 32.0 Å². The number of aryl methyl sites for hydroxylation is 1. The Hall–Kier alpha value is -1.29. The first-order valence-electron chi connectivity index (χ1n) is 6.96. The van der Waals surface area contributed by atoms with Gasteiger partial charge in [0.2, 0.25) is 5.91 Å². The van der Waals surface area contributed by atoms with Crippen LogP contribution in [-0.4, -0.2) is 22.8 Å². The second-order valence-corrected chi connectivity index (χ2v) is 7.12. The molecule has 0 saturated carbocycles. The lowest BCUT2D eigenvalue weighted by Crippen LogP contribution is -2.26. The van der Waals surface area contributed by atoms with Crippen molar-refractivity contribution in [2.24, 2.45) is 0 Å². The fourth-order valence-electron chi connectivity index (χ4n) is 2.50. The largest absolute Gasteiger partial charge is 0.311 e. The third kappa shape index (κ3) is 3.23. The van der Waals surface area contributed by atoms with Gasteiger partial charge in [-0.3, -0.25) is 9.59 Å². The molecule has 1 saturated heterocycles. The summed E-state index contributed by atoms with van der Waals surface area (Å²) < 4.78 is 0. The van der Waals surface area contributed by atoms with Crippen molar-refractivity contribution in [1.82, 2.24) is 0 Å². The Bertz CT molecular complexity index is 539. The number of carbonyl (C=O) groups excluding carboxylic acids is 2. The molecule has 1 aromatic carbocycles. The summed E-state index contributed by atoms with van der Waals surface area (Å²) in [5, 5.41) is 0.166. The van der Waals surface area contributed by atoms with Gasteiger partial charge in [-0.2, -0.15) is 0 Å². The second kappa shape index (κ2) is 6.00. The zero-order valence-electron chi connectivity index (χ0n) is 12.5. The predicted molar refractivity (Wildman–Crippen MR) is 84.3 cm³/mol. The molecule has 1 aromatic rings. The van der Waals surface area contributed by atoms with Gasteiger partial charge in [-0.1, -0.05) is 37.7 Å². The number of hydrogen-bond donors (Lipinski definition) is 0. The van der Waals surface area contributed by atoms with Gasteiger partial charge < -0.3 is 4.90 Å². The van der Waals surface area contributed by atoms with Crippen molar-refractivity contribution in [3.05, 3.63) is 29.3 Å².